The molecule has 3 nitrogen and oxygen atoms in total. The van der Waals surface area contributed by atoms with Crippen molar-refractivity contribution >= 4 is 0 Å². The summed E-state index contributed by atoms with van der Waals surface area (Å²) in [5.41, 5.74) is 0. The summed E-state index contributed by atoms with van der Waals surface area (Å²) in [6, 6.07) is 0. The Balaban J connectivity index is 2.94. The lowest BCUT2D eigenvalue weighted by molar-refractivity contribution is 0.703. The van der Waals surface area contributed by atoms with E-state index in [1.807, 2.05) is 36.9 Å². The molecule has 1 heterocycles. The van der Waals surface area contributed by atoms with E-state index in [1.165, 1.54) is 0 Å². The van der Waals surface area contributed by atoms with Crippen LogP contribution in [0.5, 0.6) is 0 Å². The Hall–Kier alpha value is -0.990. The van der Waals surface area contributed by atoms with Gasteiger partial charge in [-0.15, -0.1) is 0 Å². The number of imidazole rings is 1. The minimum absolute atomic E-state index is 1.01. The van der Waals surface area contributed by atoms with Gasteiger partial charge in [0.05, 0.1) is 0 Å². The van der Waals surface area contributed by atoms with Crippen molar-refractivity contribution in [3.63, 3.8) is 0 Å². The molecule has 1 aromatic rings. The van der Waals surface area contributed by atoms with Crippen molar-refractivity contribution in [1.82, 2.24) is 9.66 Å². The van der Waals surface area contributed by atoms with Gasteiger partial charge in [-0.05, 0) is 6.92 Å². The minimum Gasteiger partial charge on any atom is -0.318 e. The fourth-order valence-electron chi connectivity index (χ4n) is 0.794. The number of hydrogen-bond donors (Lipinski definition) is 0. The van der Waals surface area contributed by atoms with Crippen LogP contribution in [0.15, 0.2) is 12.4 Å². The Morgan fingerprint density at radius 3 is 2.44 bits per heavy atom. The summed E-state index contributed by atoms with van der Waals surface area (Å²) >= 11 is 0. The van der Waals surface area contributed by atoms with Crippen LogP contribution in [0.4, 0.5) is 0 Å². The SMILES string of the molecule is Cc1nccn1N(C)C. The largest absolute Gasteiger partial charge is 0.318 e. The highest BCUT2D eigenvalue weighted by Crippen LogP contribution is 1.91. The molecule has 0 aliphatic rings. The Labute approximate surface area is 54.9 Å². The molecule has 0 aliphatic heterocycles. The summed E-state index contributed by atoms with van der Waals surface area (Å²) < 4.78 is 1.97. The normalized spacial score (nSPS) is 9.67. The number of rotatable bonds is 1. The van der Waals surface area contributed by atoms with Crippen molar-refractivity contribution in [2.75, 3.05) is 19.1 Å². The van der Waals surface area contributed by atoms with Crippen LogP contribution in [0.2, 0.25) is 0 Å². The van der Waals surface area contributed by atoms with Gasteiger partial charge in [0.15, 0.2) is 0 Å². The van der Waals surface area contributed by atoms with Crippen molar-refractivity contribution in [3.8, 4) is 0 Å². The zero-order valence-corrected chi connectivity index (χ0v) is 6.00. The van der Waals surface area contributed by atoms with Gasteiger partial charge >= 0.3 is 0 Å². The van der Waals surface area contributed by atoms with E-state index in [1.54, 1.807) is 6.20 Å². The Bertz CT molecular complexity index is 190. The van der Waals surface area contributed by atoms with Crippen LogP contribution in [-0.2, 0) is 0 Å². The van der Waals surface area contributed by atoms with Crippen LogP contribution in [0, 0.1) is 6.92 Å². The molecular formula is C6H11N3. The molecular weight excluding hydrogens is 114 g/mol. The molecule has 0 saturated carbocycles. The lowest BCUT2D eigenvalue weighted by atomic mass is 10.7. The van der Waals surface area contributed by atoms with Crippen LogP contribution in [0.25, 0.3) is 0 Å². The molecule has 0 bridgehead atoms. The molecule has 0 fully saturated rings. The molecule has 0 unspecified atom stereocenters. The molecule has 0 atom stereocenters. The molecule has 1 aromatic heterocycles. The zero-order chi connectivity index (χ0) is 6.85. The minimum atomic E-state index is 1.01. The van der Waals surface area contributed by atoms with E-state index in [-0.39, 0.29) is 0 Å². The maximum absolute atomic E-state index is 4.06. The van der Waals surface area contributed by atoms with Gasteiger partial charge < -0.3 is 5.01 Å². The summed E-state index contributed by atoms with van der Waals surface area (Å²) in [5.74, 6) is 1.01. The van der Waals surface area contributed by atoms with Gasteiger partial charge in [-0.1, -0.05) is 0 Å². The molecule has 50 valence electrons. The molecule has 0 spiro atoms. The highest BCUT2D eigenvalue weighted by molar-refractivity contribution is 4.93. The average molecular weight is 125 g/mol. The lowest BCUT2D eigenvalue weighted by Crippen LogP contribution is -2.24. The summed E-state index contributed by atoms with van der Waals surface area (Å²) in [6.07, 6.45) is 3.71. The van der Waals surface area contributed by atoms with E-state index in [0.29, 0.717) is 0 Å². The van der Waals surface area contributed by atoms with Crippen molar-refractivity contribution in [2.24, 2.45) is 0 Å². The Morgan fingerprint density at radius 1 is 1.56 bits per heavy atom. The second-order valence-corrected chi connectivity index (χ2v) is 2.17. The molecule has 1 rings (SSSR count). The predicted octanol–water partition coefficient (Wildman–Crippen LogP) is 0.389. The monoisotopic (exact) mass is 125 g/mol. The van der Waals surface area contributed by atoms with Crippen LogP contribution in [-0.4, -0.2) is 23.8 Å². The van der Waals surface area contributed by atoms with E-state index in [4.69, 9.17) is 0 Å². The third-order valence-corrected chi connectivity index (χ3v) is 1.23. The number of hydrogen-bond acceptors (Lipinski definition) is 2. The maximum Gasteiger partial charge on any atom is 0.124 e. The van der Waals surface area contributed by atoms with Crippen molar-refractivity contribution < 1.29 is 0 Å². The molecule has 0 saturated heterocycles. The Kier molecular flexibility index (Phi) is 1.42. The van der Waals surface area contributed by atoms with Crippen molar-refractivity contribution in [2.45, 2.75) is 6.92 Å². The molecule has 9 heavy (non-hydrogen) atoms. The van der Waals surface area contributed by atoms with Gasteiger partial charge in [0.1, 0.15) is 5.82 Å². The quantitative estimate of drug-likeness (QED) is 0.541. The topological polar surface area (TPSA) is 21.1 Å². The second-order valence-electron chi connectivity index (χ2n) is 2.17. The van der Waals surface area contributed by atoms with E-state index >= 15 is 0 Å². The predicted molar refractivity (Wildman–Crippen MR) is 37.0 cm³/mol. The maximum atomic E-state index is 4.06. The molecule has 0 aromatic carbocycles. The van der Waals surface area contributed by atoms with Gasteiger partial charge in [0.25, 0.3) is 0 Å². The van der Waals surface area contributed by atoms with Gasteiger partial charge in [0, 0.05) is 26.5 Å². The molecule has 0 radical (unpaired) electrons. The fraction of sp³-hybridized carbons (Fsp3) is 0.500. The average Bonchev–Trinajstić information content (AvgIpc) is 2.13. The van der Waals surface area contributed by atoms with Crippen LogP contribution in [0.3, 0.4) is 0 Å². The zero-order valence-electron chi connectivity index (χ0n) is 6.00. The highest BCUT2D eigenvalue weighted by atomic mass is 15.5. The van der Waals surface area contributed by atoms with Crippen molar-refractivity contribution in [1.29, 1.82) is 0 Å². The van der Waals surface area contributed by atoms with Crippen LogP contribution < -0.4 is 5.01 Å². The van der Waals surface area contributed by atoms with Gasteiger partial charge in [-0.2, -0.15) is 0 Å². The number of aryl methyl sites for hydroxylation is 1. The fourth-order valence-corrected chi connectivity index (χ4v) is 0.794. The molecule has 3 heteroatoms. The first-order valence-corrected chi connectivity index (χ1v) is 2.89. The molecule has 0 aliphatic carbocycles. The highest BCUT2D eigenvalue weighted by Gasteiger charge is 1.94. The van der Waals surface area contributed by atoms with E-state index in [0.717, 1.165) is 5.82 Å². The summed E-state index contributed by atoms with van der Waals surface area (Å²) in [7, 11) is 3.96. The lowest BCUT2D eigenvalue weighted by Gasteiger charge is -2.14. The van der Waals surface area contributed by atoms with Crippen LogP contribution >= 0.6 is 0 Å². The molecule has 0 amide bonds. The van der Waals surface area contributed by atoms with E-state index < -0.39 is 0 Å². The molecule has 0 N–H and O–H groups in total. The standard InChI is InChI=1S/C6H11N3/c1-6-7-4-5-9(6)8(2)3/h4-5H,1-3H3. The summed E-state index contributed by atoms with van der Waals surface area (Å²) in [4.78, 5) is 4.06. The smallest absolute Gasteiger partial charge is 0.124 e. The number of aromatic nitrogens is 2. The van der Waals surface area contributed by atoms with Crippen molar-refractivity contribution in [3.05, 3.63) is 18.2 Å². The van der Waals surface area contributed by atoms with E-state index in [9.17, 15) is 0 Å². The third kappa shape index (κ3) is 1.04. The summed E-state index contributed by atoms with van der Waals surface area (Å²) in [5, 5.41) is 1.97. The van der Waals surface area contributed by atoms with Gasteiger partial charge in [0.2, 0.25) is 0 Å². The van der Waals surface area contributed by atoms with E-state index in [2.05, 4.69) is 4.98 Å². The first kappa shape index (κ1) is 6.13. The second kappa shape index (κ2) is 2.09. The first-order valence-electron chi connectivity index (χ1n) is 2.89. The first-order chi connectivity index (χ1) is 4.22. The number of nitrogens with zero attached hydrogens (tertiary/aromatic N) is 3. The summed E-state index contributed by atoms with van der Waals surface area (Å²) in [6.45, 7) is 1.97. The third-order valence-electron chi connectivity index (χ3n) is 1.23. The Morgan fingerprint density at radius 2 is 2.22 bits per heavy atom. The van der Waals surface area contributed by atoms with Gasteiger partial charge in [-0.3, -0.25) is 4.68 Å². The van der Waals surface area contributed by atoms with Gasteiger partial charge in [-0.25, -0.2) is 4.98 Å². The van der Waals surface area contributed by atoms with Crippen LogP contribution in [0.1, 0.15) is 5.82 Å².